The molecular formula is C13H19N5O2. The highest BCUT2D eigenvalue weighted by Gasteiger charge is 2.16. The summed E-state index contributed by atoms with van der Waals surface area (Å²) in [7, 11) is 1.60. The van der Waals surface area contributed by atoms with Crippen molar-refractivity contribution in [1.29, 1.82) is 0 Å². The van der Waals surface area contributed by atoms with Gasteiger partial charge in [0.05, 0.1) is 12.7 Å². The van der Waals surface area contributed by atoms with E-state index < -0.39 is 0 Å². The Hall–Kier alpha value is -2.15. The Kier molecular flexibility index (Phi) is 4.89. The summed E-state index contributed by atoms with van der Waals surface area (Å²) >= 11 is 0. The van der Waals surface area contributed by atoms with E-state index in [4.69, 9.17) is 15.2 Å². The van der Waals surface area contributed by atoms with Gasteiger partial charge in [0.1, 0.15) is 5.75 Å². The maximum Gasteiger partial charge on any atom is 0.187 e. The van der Waals surface area contributed by atoms with Crippen molar-refractivity contribution in [1.82, 2.24) is 20.2 Å². The van der Waals surface area contributed by atoms with Crippen LogP contribution in [0.5, 0.6) is 5.75 Å². The molecule has 0 aliphatic heterocycles. The molecule has 0 fully saturated rings. The molecule has 1 heterocycles. The third-order valence-corrected chi connectivity index (χ3v) is 2.90. The van der Waals surface area contributed by atoms with Crippen molar-refractivity contribution in [3.63, 3.8) is 0 Å². The lowest BCUT2D eigenvalue weighted by Crippen LogP contribution is -2.07. The minimum Gasteiger partial charge on any atom is -0.496 e. The van der Waals surface area contributed by atoms with Crippen LogP contribution in [0.15, 0.2) is 18.2 Å². The molecule has 108 valence electrons. The van der Waals surface area contributed by atoms with Crippen LogP contribution in [-0.2, 0) is 11.3 Å². The van der Waals surface area contributed by atoms with Gasteiger partial charge in [-0.05, 0) is 35.9 Å². The van der Waals surface area contributed by atoms with Gasteiger partial charge in [-0.15, -0.1) is 5.10 Å². The Morgan fingerprint density at radius 2 is 2.20 bits per heavy atom. The second-order valence-corrected chi connectivity index (χ2v) is 4.20. The SMILES string of the molecule is CCOCCCn1nnnc1-c1c(N)cccc1OC. The van der Waals surface area contributed by atoms with Crippen LogP contribution in [0.4, 0.5) is 5.69 Å². The molecule has 0 atom stereocenters. The van der Waals surface area contributed by atoms with Crippen LogP contribution in [0.3, 0.4) is 0 Å². The Morgan fingerprint density at radius 1 is 1.35 bits per heavy atom. The Balaban J connectivity index is 2.23. The van der Waals surface area contributed by atoms with Gasteiger partial charge in [-0.2, -0.15) is 0 Å². The van der Waals surface area contributed by atoms with E-state index in [2.05, 4.69) is 15.5 Å². The Morgan fingerprint density at radius 3 is 2.95 bits per heavy atom. The molecule has 20 heavy (non-hydrogen) atoms. The van der Waals surface area contributed by atoms with Gasteiger partial charge in [-0.1, -0.05) is 6.07 Å². The van der Waals surface area contributed by atoms with Gasteiger partial charge in [0.2, 0.25) is 0 Å². The van der Waals surface area contributed by atoms with Gasteiger partial charge >= 0.3 is 0 Å². The van der Waals surface area contributed by atoms with Crippen LogP contribution in [0, 0.1) is 0 Å². The molecule has 1 aromatic carbocycles. The lowest BCUT2D eigenvalue weighted by Gasteiger charge is -2.11. The number of hydrogen-bond acceptors (Lipinski definition) is 6. The summed E-state index contributed by atoms with van der Waals surface area (Å²) in [6.45, 7) is 4.02. The molecule has 0 aliphatic carbocycles. The highest BCUT2D eigenvalue weighted by atomic mass is 16.5. The molecule has 0 saturated carbocycles. The number of nitrogens with two attached hydrogens (primary N) is 1. The number of hydrogen-bond donors (Lipinski definition) is 1. The maximum absolute atomic E-state index is 6.02. The molecule has 7 nitrogen and oxygen atoms in total. The summed E-state index contributed by atoms with van der Waals surface area (Å²) in [5.74, 6) is 1.27. The lowest BCUT2D eigenvalue weighted by atomic mass is 10.1. The maximum atomic E-state index is 6.02. The van der Waals surface area contributed by atoms with Crippen LogP contribution >= 0.6 is 0 Å². The smallest absolute Gasteiger partial charge is 0.187 e. The number of tetrazole rings is 1. The zero-order valence-electron chi connectivity index (χ0n) is 11.7. The molecule has 1 aromatic heterocycles. The van der Waals surface area contributed by atoms with Gasteiger partial charge in [-0.3, -0.25) is 0 Å². The molecule has 2 aromatic rings. The predicted molar refractivity (Wildman–Crippen MR) is 75.3 cm³/mol. The number of nitrogen functional groups attached to an aromatic ring is 1. The molecule has 0 amide bonds. The van der Waals surface area contributed by atoms with E-state index in [1.54, 1.807) is 17.9 Å². The molecule has 0 unspecified atom stereocenters. The second kappa shape index (κ2) is 6.85. The van der Waals surface area contributed by atoms with Crippen molar-refractivity contribution in [3.8, 4) is 17.1 Å². The Bertz CT molecular complexity index is 555. The average molecular weight is 277 g/mol. The van der Waals surface area contributed by atoms with E-state index in [0.29, 0.717) is 37.0 Å². The second-order valence-electron chi connectivity index (χ2n) is 4.20. The van der Waals surface area contributed by atoms with Crippen LogP contribution in [0.1, 0.15) is 13.3 Å². The molecule has 0 aliphatic rings. The third kappa shape index (κ3) is 3.05. The molecular weight excluding hydrogens is 258 g/mol. The molecule has 0 spiro atoms. The summed E-state index contributed by atoms with van der Waals surface area (Å²) < 4.78 is 12.4. The monoisotopic (exact) mass is 277 g/mol. The zero-order valence-corrected chi connectivity index (χ0v) is 11.7. The van der Waals surface area contributed by atoms with Crippen LogP contribution in [0.25, 0.3) is 11.4 Å². The average Bonchev–Trinajstić information content (AvgIpc) is 2.91. The first kappa shape index (κ1) is 14.3. The van der Waals surface area contributed by atoms with Crippen LogP contribution < -0.4 is 10.5 Å². The highest BCUT2D eigenvalue weighted by molar-refractivity contribution is 5.77. The first-order valence-corrected chi connectivity index (χ1v) is 6.54. The summed E-state index contributed by atoms with van der Waals surface area (Å²) in [5, 5.41) is 11.8. The number of methoxy groups -OCH3 is 1. The minimum absolute atomic E-state index is 0.588. The van der Waals surface area contributed by atoms with Crippen LogP contribution in [-0.4, -0.2) is 40.5 Å². The molecule has 2 rings (SSSR count). The highest BCUT2D eigenvalue weighted by Crippen LogP contribution is 2.33. The lowest BCUT2D eigenvalue weighted by molar-refractivity contribution is 0.140. The van der Waals surface area contributed by atoms with Crippen molar-refractivity contribution in [2.24, 2.45) is 0 Å². The number of anilines is 1. The fourth-order valence-corrected chi connectivity index (χ4v) is 1.95. The first-order valence-electron chi connectivity index (χ1n) is 6.54. The molecule has 0 bridgehead atoms. The minimum atomic E-state index is 0.588. The molecule has 7 heteroatoms. The summed E-state index contributed by atoms with van der Waals surface area (Å²) in [4.78, 5) is 0. The van der Waals surface area contributed by atoms with Crippen molar-refractivity contribution in [2.45, 2.75) is 19.9 Å². The van der Waals surface area contributed by atoms with E-state index in [-0.39, 0.29) is 0 Å². The predicted octanol–water partition coefficient (Wildman–Crippen LogP) is 1.36. The van der Waals surface area contributed by atoms with Crippen LogP contribution in [0.2, 0.25) is 0 Å². The third-order valence-electron chi connectivity index (χ3n) is 2.90. The zero-order chi connectivity index (χ0) is 14.4. The van der Waals surface area contributed by atoms with E-state index in [1.807, 2.05) is 19.1 Å². The number of aromatic nitrogens is 4. The number of aryl methyl sites for hydroxylation is 1. The number of rotatable bonds is 7. The van der Waals surface area contributed by atoms with E-state index in [9.17, 15) is 0 Å². The van der Waals surface area contributed by atoms with E-state index in [1.165, 1.54) is 0 Å². The van der Waals surface area contributed by atoms with Crippen molar-refractivity contribution in [3.05, 3.63) is 18.2 Å². The topological polar surface area (TPSA) is 88.1 Å². The Labute approximate surface area is 117 Å². The van der Waals surface area contributed by atoms with Gasteiger partial charge in [-0.25, -0.2) is 4.68 Å². The summed E-state index contributed by atoms with van der Waals surface area (Å²) in [6, 6.07) is 5.48. The van der Waals surface area contributed by atoms with Gasteiger partial charge < -0.3 is 15.2 Å². The van der Waals surface area contributed by atoms with Crippen molar-refractivity contribution >= 4 is 5.69 Å². The van der Waals surface area contributed by atoms with Gasteiger partial charge in [0.15, 0.2) is 5.82 Å². The molecule has 0 saturated heterocycles. The summed E-state index contributed by atoms with van der Waals surface area (Å²) in [6.07, 6.45) is 0.834. The number of nitrogens with zero attached hydrogens (tertiary/aromatic N) is 4. The number of benzene rings is 1. The fourth-order valence-electron chi connectivity index (χ4n) is 1.95. The quantitative estimate of drug-likeness (QED) is 0.607. The van der Waals surface area contributed by atoms with Crippen molar-refractivity contribution < 1.29 is 9.47 Å². The molecule has 0 radical (unpaired) electrons. The standard InChI is InChI=1S/C13H19N5O2/c1-3-20-9-5-8-18-13(15-16-17-18)12-10(14)6-4-7-11(12)19-2/h4,6-7H,3,5,8-9,14H2,1-2H3. The number of ether oxygens (including phenoxy) is 2. The van der Waals surface area contributed by atoms with E-state index in [0.717, 1.165) is 12.0 Å². The van der Waals surface area contributed by atoms with Gasteiger partial charge in [0, 0.05) is 25.4 Å². The normalized spacial score (nSPS) is 10.7. The fraction of sp³-hybridized carbons (Fsp3) is 0.462. The summed E-state index contributed by atoms with van der Waals surface area (Å²) in [5.41, 5.74) is 7.33. The largest absolute Gasteiger partial charge is 0.496 e. The van der Waals surface area contributed by atoms with E-state index >= 15 is 0 Å². The van der Waals surface area contributed by atoms with Crippen molar-refractivity contribution in [2.75, 3.05) is 26.1 Å². The molecule has 2 N–H and O–H groups in total. The first-order chi connectivity index (χ1) is 9.77. The van der Waals surface area contributed by atoms with Gasteiger partial charge in [0.25, 0.3) is 0 Å².